The van der Waals surface area contributed by atoms with E-state index in [1.54, 1.807) is 0 Å². The van der Waals surface area contributed by atoms with Crippen molar-refractivity contribution in [2.75, 3.05) is 5.32 Å². The fourth-order valence-electron chi connectivity index (χ4n) is 1.09. The second-order valence-corrected chi connectivity index (χ2v) is 3.30. The molecule has 0 aliphatic heterocycles. The standard InChI is InChI=1S/C9H10N4O5/c10-8(16)4-1-2-6(13-12-4)11-5(9(17)18)3-7(14)15/h1-2,5H,3H2,(H2,10,16)(H,11,13)(H,14,15)(H,17,18). The Morgan fingerprint density at radius 3 is 2.33 bits per heavy atom. The lowest BCUT2D eigenvalue weighted by Crippen LogP contribution is -2.32. The molecule has 18 heavy (non-hydrogen) atoms. The molecule has 1 aromatic rings. The maximum Gasteiger partial charge on any atom is 0.326 e. The zero-order valence-corrected chi connectivity index (χ0v) is 9.03. The molecule has 0 saturated carbocycles. The molecule has 0 spiro atoms. The Kier molecular flexibility index (Phi) is 4.13. The van der Waals surface area contributed by atoms with Crippen LogP contribution in [-0.4, -0.2) is 44.3 Å². The van der Waals surface area contributed by atoms with Gasteiger partial charge in [-0.3, -0.25) is 9.59 Å². The molecule has 0 aliphatic rings. The van der Waals surface area contributed by atoms with Crippen LogP contribution in [0, 0.1) is 0 Å². The van der Waals surface area contributed by atoms with Crippen molar-refractivity contribution >= 4 is 23.7 Å². The van der Waals surface area contributed by atoms with Crippen LogP contribution >= 0.6 is 0 Å². The number of nitrogens with one attached hydrogen (secondary N) is 1. The number of carboxylic acid groups (broad SMARTS) is 2. The summed E-state index contributed by atoms with van der Waals surface area (Å²) in [5.41, 5.74) is 4.87. The number of nitrogens with zero attached hydrogens (tertiary/aromatic N) is 2. The van der Waals surface area contributed by atoms with Gasteiger partial charge in [-0.15, -0.1) is 10.2 Å². The van der Waals surface area contributed by atoms with Crippen LogP contribution in [0.4, 0.5) is 5.82 Å². The van der Waals surface area contributed by atoms with Crippen LogP contribution < -0.4 is 11.1 Å². The van der Waals surface area contributed by atoms with Gasteiger partial charge in [0.1, 0.15) is 11.9 Å². The van der Waals surface area contributed by atoms with Crippen molar-refractivity contribution in [3.05, 3.63) is 17.8 Å². The number of aliphatic carboxylic acids is 2. The third-order valence-electron chi connectivity index (χ3n) is 1.92. The van der Waals surface area contributed by atoms with Gasteiger partial charge in [-0.2, -0.15) is 0 Å². The molecule has 5 N–H and O–H groups in total. The van der Waals surface area contributed by atoms with Crippen LogP contribution in [0.3, 0.4) is 0 Å². The van der Waals surface area contributed by atoms with Gasteiger partial charge in [-0.1, -0.05) is 0 Å². The third-order valence-corrected chi connectivity index (χ3v) is 1.92. The Balaban J connectivity index is 2.78. The van der Waals surface area contributed by atoms with Gasteiger partial charge in [-0.05, 0) is 12.1 Å². The Hall–Kier alpha value is -2.71. The van der Waals surface area contributed by atoms with Crippen molar-refractivity contribution in [2.45, 2.75) is 12.5 Å². The maximum atomic E-state index is 10.8. The third kappa shape index (κ3) is 3.70. The summed E-state index contributed by atoms with van der Waals surface area (Å²) in [5.74, 6) is -3.34. The summed E-state index contributed by atoms with van der Waals surface area (Å²) in [6, 6.07) is 1.19. The average molecular weight is 254 g/mol. The predicted molar refractivity (Wildman–Crippen MR) is 57.8 cm³/mol. The maximum absolute atomic E-state index is 10.8. The zero-order valence-electron chi connectivity index (χ0n) is 9.03. The number of hydrogen-bond donors (Lipinski definition) is 4. The fraction of sp³-hybridized carbons (Fsp3) is 0.222. The van der Waals surface area contributed by atoms with Gasteiger partial charge in [0.05, 0.1) is 6.42 Å². The van der Waals surface area contributed by atoms with Crippen LogP contribution in [0.15, 0.2) is 12.1 Å². The van der Waals surface area contributed by atoms with Crippen LogP contribution in [0.25, 0.3) is 0 Å². The number of hydrogen-bond acceptors (Lipinski definition) is 6. The molecule has 9 heteroatoms. The predicted octanol–water partition coefficient (Wildman–Crippen LogP) is -1.08. The first-order chi connectivity index (χ1) is 8.40. The lowest BCUT2D eigenvalue weighted by atomic mass is 10.2. The van der Waals surface area contributed by atoms with Crippen LogP contribution in [-0.2, 0) is 9.59 Å². The molecule has 1 aromatic heterocycles. The topological polar surface area (TPSA) is 156 Å². The summed E-state index contributed by atoms with van der Waals surface area (Å²) < 4.78 is 0. The highest BCUT2D eigenvalue weighted by Gasteiger charge is 2.21. The summed E-state index contributed by atoms with van der Waals surface area (Å²) in [6.45, 7) is 0. The Bertz CT molecular complexity index is 472. The molecule has 9 nitrogen and oxygen atoms in total. The van der Waals surface area contributed by atoms with Gasteiger partial charge in [0, 0.05) is 0 Å². The minimum absolute atomic E-state index is 0.0358. The first-order valence-corrected chi connectivity index (χ1v) is 4.75. The van der Waals surface area contributed by atoms with Crippen molar-refractivity contribution in [3.8, 4) is 0 Å². The lowest BCUT2D eigenvalue weighted by Gasteiger charge is -2.12. The van der Waals surface area contributed by atoms with Crippen LogP contribution in [0.1, 0.15) is 16.9 Å². The molecule has 0 aliphatic carbocycles. The normalized spacial score (nSPS) is 11.6. The highest BCUT2D eigenvalue weighted by molar-refractivity contribution is 5.90. The Morgan fingerprint density at radius 1 is 1.28 bits per heavy atom. The number of nitrogens with two attached hydrogens (primary N) is 1. The molecule has 1 unspecified atom stereocenters. The molecule has 0 bridgehead atoms. The van der Waals surface area contributed by atoms with E-state index < -0.39 is 30.3 Å². The van der Waals surface area contributed by atoms with E-state index in [1.165, 1.54) is 12.1 Å². The van der Waals surface area contributed by atoms with Crippen molar-refractivity contribution in [2.24, 2.45) is 5.73 Å². The average Bonchev–Trinajstić information content (AvgIpc) is 2.28. The summed E-state index contributed by atoms with van der Waals surface area (Å²) in [5, 5.41) is 26.6. The summed E-state index contributed by atoms with van der Waals surface area (Å²) in [6.07, 6.45) is -0.616. The number of rotatable bonds is 6. The number of amides is 1. The number of carbonyl (C=O) groups excluding carboxylic acids is 1. The van der Waals surface area contributed by atoms with E-state index in [-0.39, 0.29) is 11.5 Å². The van der Waals surface area contributed by atoms with Crippen molar-refractivity contribution < 1.29 is 24.6 Å². The molecule has 0 saturated heterocycles. The van der Waals surface area contributed by atoms with Crippen molar-refractivity contribution in [1.82, 2.24) is 10.2 Å². The number of carboxylic acids is 2. The highest BCUT2D eigenvalue weighted by atomic mass is 16.4. The van der Waals surface area contributed by atoms with Gasteiger partial charge < -0.3 is 21.3 Å². The number of carbonyl (C=O) groups is 3. The molecule has 1 rings (SSSR count). The molecule has 0 radical (unpaired) electrons. The van der Waals surface area contributed by atoms with Gasteiger partial charge in [0.25, 0.3) is 5.91 Å². The largest absolute Gasteiger partial charge is 0.481 e. The van der Waals surface area contributed by atoms with E-state index in [2.05, 4.69) is 15.5 Å². The van der Waals surface area contributed by atoms with Gasteiger partial charge in [-0.25, -0.2) is 4.79 Å². The SMILES string of the molecule is NC(=O)c1ccc(NC(CC(=O)O)C(=O)O)nn1. The molecule has 1 amide bonds. The minimum Gasteiger partial charge on any atom is -0.481 e. The second-order valence-electron chi connectivity index (χ2n) is 3.30. The highest BCUT2D eigenvalue weighted by Crippen LogP contribution is 2.06. The lowest BCUT2D eigenvalue weighted by molar-refractivity contribution is -0.144. The van der Waals surface area contributed by atoms with E-state index >= 15 is 0 Å². The summed E-state index contributed by atoms with van der Waals surface area (Å²) >= 11 is 0. The fourth-order valence-corrected chi connectivity index (χ4v) is 1.09. The quantitative estimate of drug-likeness (QED) is 0.499. The number of aromatic nitrogens is 2. The molecular formula is C9H10N4O5. The molecule has 96 valence electrons. The first-order valence-electron chi connectivity index (χ1n) is 4.75. The zero-order chi connectivity index (χ0) is 13.7. The summed E-state index contributed by atoms with van der Waals surface area (Å²) in [4.78, 5) is 31.9. The Labute approximate surface area is 101 Å². The number of anilines is 1. The van der Waals surface area contributed by atoms with Gasteiger partial charge in [0.15, 0.2) is 5.69 Å². The molecule has 1 atom stereocenters. The van der Waals surface area contributed by atoms with E-state index in [0.717, 1.165) is 0 Å². The molecule has 0 aromatic carbocycles. The Morgan fingerprint density at radius 2 is 1.94 bits per heavy atom. The monoisotopic (exact) mass is 254 g/mol. The van der Waals surface area contributed by atoms with E-state index in [0.29, 0.717) is 0 Å². The van der Waals surface area contributed by atoms with Crippen LogP contribution in [0.2, 0.25) is 0 Å². The van der Waals surface area contributed by atoms with Gasteiger partial charge >= 0.3 is 11.9 Å². The molecule has 1 heterocycles. The smallest absolute Gasteiger partial charge is 0.326 e. The minimum atomic E-state index is -1.34. The second kappa shape index (κ2) is 5.57. The molecule has 0 fully saturated rings. The van der Waals surface area contributed by atoms with Gasteiger partial charge in [0.2, 0.25) is 0 Å². The van der Waals surface area contributed by atoms with Crippen molar-refractivity contribution in [1.29, 1.82) is 0 Å². The molecular weight excluding hydrogens is 244 g/mol. The van der Waals surface area contributed by atoms with E-state index in [4.69, 9.17) is 15.9 Å². The van der Waals surface area contributed by atoms with Crippen molar-refractivity contribution in [3.63, 3.8) is 0 Å². The first kappa shape index (κ1) is 13.4. The summed E-state index contributed by atoms with van der Waals surface area (Å²) in [7, 11) is 0. The van der Waals surface area contributed by atoms with E-state index in [9.17, 15) is 14.4 Å². The van der Waals surface area contributed by atoms with E-state index in [1.807, 2.05) is 0 Å². The number of primary amides is 1. The van der Waals surface area contributed by atoms with Crippen LogP contribution in [0.5, 0.6) is 0 Å².